The number of likely N-dealkylation sites (N-methyl/N-ethyl adjacent to an activating group) is 1. The summed E-state index contributed by atoms with van der Waals surface area (Å²) >= 11 is 0. The number of nitrogens with zero attached hydrogens (tertiary/aromatic N) is 1. The van der Waals surface area contributed by atoms with Crippen molar-refractivity contribution in [2.75, 3.05) is 20.7 Å². The van der Waals surface area contributed by atoms with Crippen LogP contribution in [0.15, 0.2) is 54.6 Å². The van der Waals surface area contributed by atoms with Crippen LogP contribution in [0.2, 0.25) is 0 Å². The van der Waals surface area contributed by atoms with E-state index < -0.39 is 0 Å². The molecule has 0 N–H and O–H groups in total. The Morgan fingerprint density at radius 3 is 2.46 bits per heavy atom. The van der Waals surface area contributed by atoms with E-state index in [1.807, 2.05) is 48.3 Å². The third-order valence-electron chi connectivity index (χ3n) is 4.80. The summed E-state index contributed by atoms with van der Waals surface area (Å²) in [6.07, 6.45) is 3.12. The van der Waals surface area contributed by atoms with Gasteiger partial charge in [-0.05, 0) is 42.4 Å². The van der Waals surface area contributed by atoms with Crippen molar-refractivity contribution < 1.29 is 9.53 Å². The minimum Gasteiger partial charge on any atom is -0.496 e. The molecule has 2 aromatic rings. The van der Waals surface area contributed by atoms with Crippen molar-refractivity contribution >= 4 is 5.91 Å². The highest BCUT2D eigenvalue weighted by Crippen LogP contribution is 2.43. The van der Waals surface area contributed by atoms with E-state index in [0.717, 1.165) is 36.1 Å². The number of ether oxygens (including phenoxy) is 1. The third-order valence-corrected chi connectivity index (χ3v) is 4.80. The maximum atomic E-state index is 13.0. The summed E-state index contributed by atoms with van der Waals surface area (Å²) < 4.78 is 5.40. The summed E-state index contributed by atoms with van der Waals surface area (Å²) in [7, 11) is 3.60. The standard InChI is InChI=1S/C21H25NO2/c1-22(15-14-16-8-6-7-11-19(16)24-2)21(23)20(18-12-13-18)17-9-4-3-5-10-17/h3-11,18,20H,12-15H2,1-2H3. The Hall–Kier alpha value is -2.29. The van der Waals surface area contributed by atoms with Crippen molar-refractivity contribution in [1.29, 1.82) is 0 Å². The van der Waals surface area contributed by atoms with Crippen LogP contribution in [0.1, 0.15) is 29.9 Å². The van der Waals surface area contributed by atoms with Crippen LogP contribution in [0.3, 0.4) is 0 Å². The zero-order chi connectivity index (χ0) is 16.9. The lowest BCUT2D eigenvalue weighted by molar-refractivity contribution is -0.132. The van der Waals surface area contributed by atoms with Crippen LogP contribution in [-0.2, 0) is 11.2 Å². The van der Waals surface area contributed by atoms with E-state index in [1.54, 1.807) is 7.11 Å². The van der Waals surface area contributed by atoms with Crippen molar-refractivity contribution in [2.45, 2.75) is 25.2 Å². The summed E-state index contributed by atoms with van der Waals surface area (Å²) in [6, 6.07) is 18.2. The quantitative estimate of drug-likeness (QED) is 0.773. The molecule has 2 aromatic carbocycles. The maximum Gasteiger partial charge on any atom is 0.230 e. The predicted molar refractivity (Wildman–Crippen MR) is 96.2 cm³/mol. The molecule has 3 heteroatoms. The van der Waals surface area contributed by atoms with Gasteiger partial charge >= 0.3 is 0 Å². The van der Waals surface area contributed by atoms with Crippen LogP contribution in [0.25, 0.3) is 0 Å². The van der Waals surface area contributed by atoms with Crippen molar-refractivity contribution in [3.05, 3.63) is 65.7 Å². The summed E-state index contributed by atoms with van der Waals surface area (Å²) in [4.78, 5) is 14.9. The molecule has 0 heterocycles. The Bertz CT molecular complexity index is 679. The summed E-state index contributed by atoms with van der Waals surface area (Å²) in [5, 5.41) is 0. The monoisotopic (exact) mass is 323 g/mol. The molecule has 0 bridgehead atoms. The number of rotatable bonds is 7. The highest BCUT2D eigenvalue weighted by atomic mass is 16.5. The first kappa shape index (κ1) is 16.6. The predicted octanol–water partition coefficient (Wildman–Crippen LogP) is 3.89. The van der Waals surface area contributed by atoms with Gasteiger partial charge in [0.2, 0.25) is 5.91 Å². The molecular weight excluding hydrogens is 298 g/mol. The molecule has 126 valence electrons. The van der Waals surface area contributed by atoms with E-state index in [2.05, 4.69) is 18.2 Å². The highest BCUT2D eigenvalue weighted by Gasteiger charge is 2.38. The largest absolute Gasteiger partial charge is 0.496 e. The van der Waals surface area contributed by atoms with E-state index >= 15 is 0 Å². The lowest BCUT2D eigenvalue weighted by Gasteiger charge is -2.24. The fraction of sp³-hybridized carbons (Fsp3) is 0.381. The average Bonchev–Trinajstić information content (AvgIpc) is 3.46. The zero-order valence-corrected chi connectivity index (χ0v) is 14.4. The average molecular weight is 323 g/mol. The van der Waals surface area contributed by atoms with Gasteiger partial charge in [0.1, 0.15) is 5.75 Å². The molecular formula is C21H25NO2. The van der Waals surface area contributed by atoms with Crippen molar-refractivity contribution in [1.82, 2.24) is 4.90 Å². The minimum absolute atomic E-state index is 0.00821. The molecule has 1 aliphatic carbocycles. The molecule has 0 saturated heterocycles. The lowest BCUT2D eigenvalue weighted by Crippen LogP contribution is -2.34. The highest BCUT2D eigenvalue weighted by molar-refractivity contribution is 5.84. The van der Waals surface area contributed by atoms with Crippen molar-refractivity contribution in [3.63, 3.8) is 0 Å². The number of methoxy groups -OCH3 is 1. The van der Waals surface area contributed by atoms with Crippen LogP contribution >= 0.6 is 0 Å². The second-order valence-corrected chi connectivity index (χ2v) is 6.55. The molecule has 1 amide bonds. The number of carbonyl (C=O) groups is 1. The Balaban J connectivity index is 1.67. The van der Waals surface area contributed by atoms with Gasteiger partial charge in [-0.3, -0.25) is 4.79 Å². The second kappa shape index (κ2) is 7.52. The Labute approximate surface area is 144 Å². The number of benzene rings is 2. The molecule has 0 aliphatic heterocycles. The zero-order valence-electron chi connectivity index (χ0n) is 14.4. The summed E-state index contributed by atoms with van der Waals surface area (Å²) in [5.41, 5.74) is 2.29. The Morgan fingerprint density at radius 2 is 1.79 bits per heavy atom. The molecule has 1 aliphatic rings. The van der Waals surface area contributed by atoms with Gasteiger partial charge in [-0.15, -0.1) is 0 Å². The van der Waals surface area contributed by atoms with Crippen LogP contribution in [0.4, 0.5) is 0 Å². The van der Waals surface area contributed by atoms with E-state index in [4.69, 9.17) is 4.74 Å². The van der Waals surface area contributed by atoms with Crippen molar-refractivity contribution in [3.8, 4) is 5.75 Å². The van der Waals surface area contributed by atoms with Crippen LogP contribution in [0.5, 0.6) is 5.75 Å². The summed E-state index contributed by atoms with van der Waals surface area (Å²) in [5.74, 6) is 1.64. The van der Waals surface area contributed by atoms with Gasteiger partial charge in [-0.1, -0.05) is 48.5 Å². The summed E-state index contributed by atoms with van der Waals surface area (Å²) in [6.45, 7) is 0.704. The first-order valence-electron chi connectivity index (χ1n) is 8.62. The third kappa shape index (κ3) is 3.78. The number of hydrogen-bond acceptors (Lipinski definition) is 2. The molecule has 3 rings (SSSR count). The van der Waals surface area contributed by atoms with Gasteiger partial charge in [0.15, 0.2) is 0 Å². The molecule has 1 unspecified atom stereocenters. The van der Waals surface area contributed by atoms with E-state index in [0.29, 0.717) is 12.5 Å². The van der Waals surface area contributed by atoms with Gasteiger partial charge in [0.05, 0.1) is 13.0 Å². The van der Waals surface area contributed by atoms with Crippen LogP contribution in [0, 0.1) is 5.92 Å². The first-order valence-corrected chi connectivity index (χ1v) is 8.62. The molecule has 1 atom stereocenters. The van der Waals surface area contributed by atoms with Gasteiger partial charge in [-0.25, -0.2) is 0 Å². The minimum atomic E-state index is 0.00821. The van der Waals surface area contributed by atoms with E-state index in [1.165, 1.54) is 0 Å². The Morgan fingerprint density at radius 1 is 1.12 bits per heavy atom. The van der Waals surface area contributed by atoms with E-state index in [9.17, 15) is 4.79 Å². The van der Waals surface area contributed by atoms with Gasteiger partial charge in [0, 0.05) is 13.6 Å². The first-order chi connectivity index (χ1) is 11.7. The number of amides is 1. The smallest absolute Gasteiger partial charge is 0.230 e. The lowest BCUT2D eigenvalue weighted by atomic mass is 9.92. The van der Waals surface area contributed by atoms with Gasteiger partial charge in [-0.2, -0.15) is 0 Å². The SMILES string of the molecule is COc1ccccc1CCN(C)C(=O)C(c1ccccc1)C1CC1. The fourth-order valence-electron chi connectivity index (χ4n) is 3.25. The molecule has 24 heavy (non-hydrogen) atoms. The molecule has 0 spiro atoms. The maximum absolute atomic E-state index is 13.0. The number of carbonyl (C=O) groups excluding carboxylic acids is 1. The topological polar surface area (TPSA) is 29.5 Å². The molecule has 0 radical (unpaired) electrons. The molecule has 0 aromatic heterocycles. The van der Waals surface area contributed by atoms with Gasteiger partial charge in [0.25, 0.3) is 0 Å². The van der Waals surface area contributed by atoms with Crippen LogP contribution in [-0.4, -0.2) is 31.5 Å². The molecule has 1 saturated carbocycles. The van der Waals surface area contributed by atoms with Gasteiger partial charge < -0.3 is 9.64 Å². The van der Waals surface area contributed by atoms with Crippen molar-refractivity contribution in [2.24, 2.45) is 5.92 Å². The molecule has 3 nitrogen and oxygen atoms in total. The second-order valence-electron chi connectivity index (χ2n) is 6.55. The number of hydrogen-bond donors (Lipinski definition) is 0. The fourth-order valence-corrected chi connectivity index (χ4v) is 3.25. The number of para-hydroxylation sites is 1. The van der Waals surface area contributed by atoms with E-state index in [-0.39, 0.29) is 11.8 Å². The van der Waals surface area contributed by atoms with Crippen LogP contribution < -0.4 is 4.74 Å². The normalized spacial score (nSPS) is 14.9. The molecule has 1 fully saturated rings. The Kier molecular flexibility index (Phi) is 5.19.